The van der Waals surface area contributed by atoms with Gasteiger partial charge in [-0.25, -0.2) is 0 Å². The smallest absolute Gasteiger partial charge is 0.126 e. The summed E-state index contributed by atoms with van der Waals surface area (Å²) >= 11 is 18.0. The molecule has 0 radical (unpaired) electrons. The van der Waals surface area contributed by atoms with Crippen molar-refractivity contribution in [3.63, 3.8) is 0 Å². The molecule has 0 N–H and O–H groups in total. The third-order valence-electron chi connectivity index (χ3n) is 3.16. The second-order valence-electron chi connectivity index (χ2n) is 3.82. The van der Waals surface area contributed by atoms with Gasteiger partial charge in [-0.15, -0.1) is 33.2 Å². The predicted octanol–water partition coefficient (Wildman–Crippen LogP) is 3.83. The van der Waals surface area contributed by atoms with E-state index in [-0.39, 0.29) is 0 Å². The predicted molar refractivity (Wildman–Crippen MR) is 52.5 cm³/mol. The zero-order valence-electron chi connectivity index (χ0n) is 6.19. The fraction of sp³-hybridized carbons (Fsp3) is 1.00. The van der Waals surface area contributed by atoms with Crippen molar-refractivity contribution in [2.45, 2.75) is 31.2 Å². The molecule has 0 aromatic rings. The van der Waals surface area contributed by atoms with Gasteiger partial charge in [-0.1, -0.05) is 12.8 Å². The molecule has 2 saturated carbocycles. The minimum absolute atomic E-state index is 0.478. The average Bonchev–Trinajstić information content (AvgIpc) is 2.42. The van der Waals surface area contributed by atoms with Gasteiger partial charge in [0.15, 0.2) is 0 Å². The lowest BCUT2D eigenvalue weighted by Gasteiger charge is -2.25. The molecule has 0 aromatic carbocycles. The molecule has 0 unspecified atom stereocenters. The maximum absolute atomic E-state index is 6.00. The van der Waals surface area contributed by atoms with E-state index in [2.05, 4.69) is 0 Å². The van der Waals surface area contributed by atoms with Gasteiger partial charge in [-0.3, -0.25) is 0 Å². The maximum atomic E-state index is 6.00. The number of halogens is 3. The van der Waals surface area contributed by atoms with Crippen LogP contribution in [0.4, 0.5) is 0 Å². The van der Waals surface area contributed by atoms with Crippen LogP contribution in [0.3, 0.4) is 0 Å². The van der Waals surface area contributed by atoms with Gasteiger partial charge < -0.3 is 0 Å². The molecule has 0 saturated heterocycles. The molecule has 2 rings (SSSR count). The van der Waals surface area contributed by atoms with Crippen molar-refractivity contribution in [3.8, 4) is 0 Å². The molecular weight excluding hydrogens is 219 g/mol. The van der Waals surface area contributed by atoms with Crippen LogP contribution >= 0.6 is 33.2 Å². The first-order valence-electron chi connectivity index (χ1n) is 4.14. The SMILES string of the molecule is Cl[Si](Cl)(Cl)[C@@H]1C[C@@H]2CC[C@H]1C2. The quantitative estimate of drug-likeness (QED) is 0.474. The Morgan fingerprint density at radius 1 is 1.00 bits per heavy atom. The lowest BCUT2D eigenvalue weighted by molar-refractivity contribution is 0.477. The monoisotopic (exact) mass is 228 g/mol. The number of fused-ring (bicyclic) bond motifs is 2. The Morgan fingerprint density at radius 2 is 1.73 bits per heavy atom. The molecule has 64 valence electrons. The van der Waals surface area contributed by atoms with Crippen LogP contribution in [-0.2, 0) is 0 Å². The summed E-state index contributed by atoms with van der Waals surface area (Å²) in [5.41, 5.74) is 0.478. The van der Waals surface area contributed by atoms with Gasteiger partial charge in [0.05, 0.1) is 0 Å². The van der Waals surface area contributed by atoms with Crippen LogP contribution in [-0.4, -0.2) is 6.00 Å². The summed E-state index contributed by atoms with van der Waals surface area (Å²) in [6.07, 6.45) is 5.24. The first kappa shape index (κ1) is 8.67. The lowest BCUT2D eigenvalue weighted by Crippen LogP contribution is -2.24. The number of rotatable bonds is 1. The Morgan fingerprint density at radius 3 is 2.00 bits per heavy atom. The molecule has 0 heterocycles. The fourth-order valence-electron chi connectivity index (χ4n) is 2.65. The highest BCUT2D eigenvalue weighted by molar-refractivity contribution is 7.65. The van der Waals surface area contributed by atoms with E-state index in [4.69, 9.17) is 33.2 Å². The lowest BCUT2D eigenvalue weighted by atomic mass is 10.0. The molecule has 2 aliphatic carbocycles. The summed E-state index contributed by atoms with van der Waals surface area (Å²) in [7, 11) is 0. The summed E-state index contributed by atoms with van der Waals surface area (Å²) < 4.78 is 0. The molecule has 0 aromatic heterocycles. The van der Waals surface area contributed by atoms with Crippen LogP contribution in [0.2, 0.25) is 5.54 Å². The molecule has 0 aliphatic heterocycles. The van der Waals surface area contributed by atoms with E-state index in [1.807, 2.05) is 0 Å². The third-order valence-corrected chi connectivity index (χ3v) is 7.23. The van der Waals surface area contributed by atoms with Gasteiger partial charge in [0.2, 0.25) is 0 Å². The third kappa shape index (κ3) is 1.58. The van der Waals surface area contributed by atoms with Crippen molar-refractivity contribution >= 4 is 39.2 Å². The summed E-state index contributed by atoms with van der Waals surface area (Å²) in [5.74, 6) is 1.66. The van der Waals surface area contributed by atoms with E-state index in [1.165, 1.54) is 25.7 Å². The van der Waals surface area contributed by atoms with Crippen molar-refractivity contribution in [1.29, 1.82) is 0 Å². The molecule has 11 heavy (non-hydrogen) atoms. The van der Waals surface area contributed by atoms with E-state index in [1.54, 1.807) is 0 Å². The van der Waals surface area contributed by atoms with Crippen molar-refractivity contribution in [1.82, 2.24) is 0 Å². The van der Waals surface area contributed by atoms with Crippen molar-refractivity contribution in [2.24, 2.45) is 11.8 Å². The molecule has 2 aliphatic rings. The van der Waals surface area contributed by atoms with Crippen LogP contribution in [0.5, 0.6) is 0 Å². The zero-order chi connectivity index (χ0) is 8.06. The number of hydrogen-bond acceptors (Lipinski definition) is 0. The first-order valence-corrected chi connectivity index (χ1v) is 9.25. The molecule has 0 nitrogen and oxygen atoms in total. The minimum Gasteiger partial charge on any atom is -0.126 e. The highest BCUT2D eigenvalue weighted by Crippen LogP contribution is 2.58. The van der Waals surface area contributed by atoms with Crippen molar-refractivity contribution < 1.29 is 0 Å². The Balaban J connectivity index is 2.08. The molecule has 0 spiro atoms. The second-order valence-corrected chi connectivity index (χ2v) is 12.8. The van der Waals surface area contributed by atoms with Gasteiger partial charge in [-0.2, -0.15) is 0 Å². The van der Waals surface area contributed by atoms with E-state index in [9.17, 15) is 0 Å². The minimum atomic E-state index is -2.36. The van der Waals surface area contributed by atoms with E-state index < -0.39 is 6.00 Å². The van der Waals surface area contributed by atoms with Crippen LogP contribution in [0.15, 0.2) is 0 Å². The molecular formula is C7H11Cl3Si. The topological polar surface area (TPSA) is 0 Å². The van der Waals surface area contributed by atoms with E-state index >= 15 is 0 Å². The first-order chi connectivity index (χ1) is 5.07. The molecule has 0 amide bonds. The zero-order valence-corrected chi connectivity index (χ0v) is 9.46. The highest BCUT2D eigenvalue weighted by Gasteiger charge is 2.50. The molecule has 4 heteroatoms. The second kappa shape index (κ2) is 2.80. The summed E-state index contributed by atoms with van der Waals surface area (Å²) in [6, 6.07) is -2.36. The summed E-state index contributed by atoms with van der Waals surface area (Å²) in [4.78, 5) is 0. The maximum Gasteiger partial charge on any atom is 0.344 e. The summed E-state index contributed by atoms with van der Waals surface area (Å²) in [5, 5.41) is 0. The highest BCUT2D eigenvalue weighted by atomic mass is 35.8. The van der Waals surface area contributed by atoms with Crippen molar-refractivity contribution in [2.75, 3.05) is 0 Å². The molecule has 2 fully saturated rings. The standard InChI is InChI=1S/C7H11Cl3Si/c8-11(9,10)7-4-5-1-2-6(7)3-5/h5-7H,1-4H2/t5-,6+,7-/m1/s1. The summed E-state index contributed by atoms with van der Waals surface area (Å²) in [6.45, 7) is 0. The van der Waals surface area contributed by atoms with Gasteiger partial charge in [0.1, 0.15) is 0 Å². The fourth-order valence-corrected chi connectivity index (χ4v) is 6.49. The Hall–Kier alpha value is 1.09. The van der Waals surface area contributed by atoms with Crippen LogP contribution in [0.25, 0.3) is 0 Å². The van der Waals surface area contributed by atoms with E-state index in [0.29, 0.717) is 5.54 Å². The normalized spacial score (nSPS) is 43.4. The Labute approximate surface area is 82.3 Å². The van der Waals surface area contributed by atoms with Crippen LogP contribution < -0.4 is 0 Å². The van der Waals surface area contributed by atoms with Gasteiger partial charge in [0, 0.05) is 0 Å². The Bertz CT molecular complexity index is 166. The van der Waals surface area contributed by atoms with Gasteiger partial charge >= 0.3 is 6.00 Å². The van der Waals surface area contributed by atoms with Crippen LogP contribution in [0, 0.1) is 11.8 Å². The van der Waals surface area contributed by atoms with Gasteiger partial charge in [0.25, 0.3) is 0 Å². The largest absolute Gasteiger partial charge is 0.344 e. The number of hydrogen-bond donors (Lipinski definition) is 0. The molecule has 3 atom stereocenters. The average molecular weight is 230 g/mol. The Kier molecular flexibility index (Phi) is 2.20. The van der Waals surface area contributed by atoms with Gasteiger partial charge in [-0.05, 0) is 30.2 Å². The van der Waals surface area contributed by atoms with Crippen molar-refractivity contribution in [3.05, 3.63) is 0 Å². The van der Waals surface area contributed by atoms with E-state index in [0.717, 1.165) is 11.8 Å². The molecule has 2 bridgehead atoms. The van der Waals surface area contributed by atoms with Crippen LogP contribution in [0.1, 0.15) is 25.7 Å².